The Morgan fingerprint density at radius 3 is 2.08 bits per heavy atom. The Balaban J connectivity index is 0.000000251. The first-order chi connectivity index (χ1) is 6.27. The van der Waals surface area contributed by atoms with Crippen molar-refractivity contribution in [2.75, 3.05) is 0 Å². The summed E-state index contributed by atoms with van der Waals surface area (Å²) in [5.41, 5.74) is 1.46. The first kappa shape index (κ1) is 12.0. The second kappa shape index (κ2) is 6.47. The second-order valence-electron chi connectivity index (χ2n) is 3.26. The number of hydrogen-bond acceptors (Lipinski definition) is 0. The SMILES string of the molecule is C=C.C=C1CC2C=CC1C2.C=CC. The van der Waals surface area contributed by atoms with Gasteiger partial charge in [-0.2, -0.15) is 0 Å². The molecule has 0 radical (unpaired) electrons. The van der Waals surface area contributed by atoms with Gasteiger partial charge in [0.2, 0.25) is 0 Å². The van der Waals surface area contributed by atoms with Gasteiger partial charge in [-0.15, -0.1) is 19.7 Å². The summed E-state index contributed by atoms with van der Waals surface area (Å²) in [6, 6.07) is 0. The normalized spacial score (nSPS) is 27.0. The minimum absolute atomic E-state index is 0.764. The predicted octanol–water partition coefficient (Wildman–Crippen LogP) is 4.13. The average molecular weight is 176 g/mol. The molecule has 2 aliphatic carbocycles. The Morgan fingerprint density at radius 2 is 1.92 bits per heavy atom. The van der Waals surface area contributed by atoms with E-state index in [9.17, 15) is 0 Å². The zero-order valence-corrected chi connectivity index (χ0v) is 8.63. The molecular weight excluding hydrogens is 156 g/mol. The van der Waals surface area contributed by atoms with Crippen LogP contribution in [0.4, 0.5) is 0 Å². The third-order valence-corrected chi connectivity index (χ3v) is 2.22. The highest BCUT2D eigenvalue weighted by Gasteiger charge is 2.28. The van der Waals surface area contributed by atoms with E-state index in [1.165, 1.54) is 18.4 Å². The van der Waals surface area contributed by atoms with E-state index in [0.29, 0.717) is 0 Å². The van der Waals surface area contributed by atoms with Gasteiger partial charge in [0.1, 0.15) is 0 Å². The van der Waals surface area contributed by atoms with Crippen molar-refractivity contribution in [2.24, 2.45) is 11.8 Å². The highest BCUT2D eigenvalue weighted by atomic mass is 14.3. The molecule has 2 atom stereocenters. The van der Waals surface area contributed by atoms with Crippen LogP contribution >= 0.6 is 0 Å². The van der Waals surface area contributed by atoms with E-state index < -0.39 is 0 Å². The van der Waals surface area contributed by atoms with Crippen molar-refractivity contribution in [3.63, 3.8) is 0 Å². The Morgan fingerprint density at radius 1 is 1.38 bits per heavy atom. The summed E-state index contributed by atoms with van der Waals surface area (Å²) in [5, 5.41) is 0. The number of allylic oxidation sites excluding steroid dienone is 4. The van der Waals surface area contributed by atoms with Crippen LogP contribution in [0.3, 0.4) is 0 Å². The van der Waals surface area contributed by atoms with E-state index in [2.05, 4.69) is 38.5 Å². The maximum atomic E-state index is 3.99. The fraction of sp³-hybridized carbons (Fsp3) is 0.385. The fourth-order valence-electron chi connectivity index (χ4n) is 1.72. The van der Waals surface area contributed by atoms with Gasteiger partial charge in [-0.05, 0) is 31.6 Å². The molecule has 2 aliphatic rings. The van der Waals surface area contributed by atoms with Gasteiger partial charge in [-0.25, -0.2) is 0 Å². The van der Waals surface area contributed by atoms with Crippen LogP contribution in [0, 0.1) is 11.8 Å². The summed E-state index contributed by atoms with van der Waals surface area (Å²) in [7, 11) is 0. The fourth-order valence-corrected chi connectivity index (χ4v) is 1.72. The van der Waals surface area contributed by atoms with Gasteiger partial charge in [-0.1, -0.05) is 30.4 Å². The molecule has 0 spiro atoms. The Bertz CT molecular complexity index is 198. The molecule has 1 saturated carbocycles. The van der Waals surface area contributed by atoms with Crippen LogP contribution in [-0.4, -0.2) is 0 Å². The van der Waals surface area contributed by atoms with Crippen molar-refractivity contribution in [3.05, 3.63) is 50.1 Å². The van der Waals surface area contributed by atoms with Gasteiger partial charge in [0.05, 0.1) is 0 Å². The van der Waals surface area contributed by atoms with Gasteiger partial charge >= 0.3 is 0 Å². The van der Waals surface area contributed by atoms with Crippen LogP contribution in [-0.2, 0) is 0 Å². The molecule has 13 heavy (non-hydrogen) atoms. The quantitative estimate of drug-likeness (QED) is 0.487. The molecule has 0 heterocycles. The number of fused-ring (bicyclic) bond motifs is 2. The molecule has 2 rings (SSSR count). The zero-order chi connectivity index (χ0) is 10.3. The molecule has 72 valence electrons. The first-order valence-electron chi connectivity index (χ1n) is 4.71. The van der Waals surface area contributed by atoms with Crippen molar-refractivity contribution in [1.82, 2.24) is 0 Å². The highest BCUT2D eigenvalue weighted by molar-refractivity contribution is 5.24. The van der Waals surface area contributed by atoms with E-state index in [0.717, 1.165) is 11.8 Å². The summed E-state index contributed by atoms with van der Waals surface area (Å²) < 4.78 is 0. The van der Waals surface area contributed by atoms with E-state index in [4.69, 9.17) is 0 Å². The molecule has 0 aromatic carbocycles. The Hall–Kier alpha value is -1.04. The minimum Gasteiger partial charge on any atom is -0.106 e. The maximum absolute atomic E-state index is 3.99. The van der Waals surface area contributed by atoms with E-state index in [-0.39, 0.29) is 0 Å². The molecule has 0 amide bonds. The van der Waals surface area contributed by atoms with Crippen molar-refractivity contribution in [2.45, 2.75) is 19.8 Å². The molecular formula is C13H20. The summed E-state index contributed by atoms with van der Waals surface area (Å²) >= 11 is 0. The number of rotatable bonds is 0. The van der Waals surface area contributed by atoms with E-state index >= 15 is 0 Å². The van der Waals surface area contributed by atoms with Crippen LogP contribution < -0.4 is 0 Å². The van der Waals surface area contributed by atoms with Crippen LogP contribution in [0.2, 0.25) is 0 Å². The van der Waals surface area contributed by atoms with Gasteiger partial charge in [0.25, 0.3) is 0 Å². The zero-order valence-electron chi connectivity index (χ0n) is 8.63. The lowest BCUT2D eigenvalue weighted by Gasteiger charge is -2.02. The molecule has 0 heteroatoms. The standard InChI is InChI=1S/C8H10.C3H6.C2H4/c1-6-4-7-2-3-8(6)5-7;1-3-2;1-2/h2-3,7-8H,1,4-5H2;3H,1H2,2H3;1-2H2. The number of hydrogen-bond donors (Lipinski definition) is 0. The molecule has 0 aliphatic heterocycles. The summed E-state index contributed by atoms with van der Waals surface area (Å²) in [6.07, 6.45) is 9.01. The lowest BCUT2D eigenvalue weighted by atomic mass is 10.0. The molecule has 2 unspecified atom stereocenters. The Labute approximate surface area is 82.4 Å². The van der Waals surface area contributed by atoms with Gasteiger partial charge in [0.15, 0.2) is 0 Å². The van der Waals surface area contributed by atoms with Crippen molar-refractivity contribution in [3.8, 4) is 0 Å². The van der Waals surface area contributed by atoms with Crippen molar-refractivity contribution in [1.29, 1.82) is 0 Å². The third kappa shape index (κ3) is 3.45. The molecule has 1 fully saturated rings. The summed E-state index contributed by atoms with van der Waals surface area (Å²) in [5.74, 6) is 1.63. The smallest absolute Gasteiger partial charge is 0.00199 e. The molecule has 0 saturated heterocycles. The predicted molar refractivity (Wildman–Crippen MR) is 61.6 cm³/mol. The van der Waals surface area contributed by atoms with Crippen molar-refractivity contribution >= 4 is 0 Å². The van der Waals surface area contributed by atoms with Crippen LogP contribution in [0.25, 0.3) is 0 Å². The molecule has 0 N–H and O–H groups in total. The first-order valence-corrected chi connectivity index (χ1v) is 4.71. The van der Waals surface area contributed by atoms with E-state index in [1.54, 1.807) is 6.08 Å². The molecule has 0 aromatic heterocycles. The Kier molecular flexibility index (Phi) is 5.96. The highest BCUT2D eigenvalue weighted by Crippen LogP contribution is 2.41. The molecule has 0 nitrogen and oxygen atoms in total. The topological polar surface area (TPSA) is 0 Å². The third-order valence-electron chi connectivity index (χ3n) is 2.22. The van der Waals surface area contributed by atoms with Gasteiger partial charge in [-0.3, -0.25) is 0 Å². The lowest BCUT2D eigenvalue weighted by molar-refractivity contribution is 0.693. The van der Waals surface area contributed by atoms with Crippen LogP contribution in [0.5, 0.6) is 0 Å². The van der Waals surface area contributed by atoms with Crippen molar-refractivity contribution < 1.29 is 0 Å². The van der Waals surface area contributed by atoms with E-state index in [1.807, 2.05) is 6.92 Å². The lowest BCUT2D eigenvalue weighted by Crippen LogP contribution is -1.88. The molecule has 2 bridgehead atoms. The second-order valence-corrected chi connectivity index (χ2v) is 3.26. The monoisotopic (exact) mass is 176 g/mol. The maximum Gasteiger partial charge on any atom is -0.00199 e. The summed E-state index contributed by atoms with van der Waals surface area (Å²) in [6.45, 7) is 15.2. The van der Waals surface area contributed by atoms with Crippen LogP contribution in [0.1, 0.15) is 19.8 Å². The summed E-state index contributed by atoms with van der Waals surface area (Å²) in [4.78, 5) is 0. The van der Waals surface area contributed by atoms with Crippen LogP contribution in [0.15, 0.2) is 50.1 Å². The largest absolute Gasteiger partial charge is 0.106 e. The molecule has 0 aromatic rings. The average Bonchev–Trinajstić information content (AvgIpc) is 2.70. The minimum atomic E-state index is 0.764. The van der Waals surface area contributed by atoms with Gasteiger partial charge in [0, 0.05) is 0 Å². The van der Waals surface area contributed by atoms with Gasteiger partial charge < -0.3 is 0 Å².